The van der Waals surface area contributed by atoms with Crippen LogP contribution in [0.25, 0.3) is 0 Å². The maximum atomic E-state index is 13.1. The number of anilines is 4. The summed E-state index contributed by atoms with van der Waals surface area (Å²) in [6.07, 6.45) is -3.08. The monoisotopic (exact) mass is 359 g/mol. The molecule has 5 nitrogen and oxygen atoms in total. The predicted octanol–water partition coefficient (Wildman–Crippen LogP) is 4.99. The van der Waals surface area contributed by atoms with E-state index in [4.69, 9.17) is 0 Å². The highest BCUT2D eigenvalue weighted by Crippen LogP contribution is 2.35. The van der Waals surface area contributed by atoms with E-state index in [1.165, 1.54) is 24.4 Å². The van der Waals surface area contributed by atoms with Gasteiger partial charge in [-0.05, 0) is 37.6 Å². The molecule has 3 aromatic rings. The van der Waals surface area contributed by atoms with Crippen LogP contribution in [-0.2, 0) is 6.18 Å². The highest BCUT2D eigenvalue weighted by molar-refractivity contribution is 5.63. The molecule has 0 unspecified atom stereocenters. The van der Waals surface area contributed by atoms with Gasteiger partial charge in [-0.2, -0.15) is 23.3 Å². The Bertz CT molecular complexity index is 925. The van der Waals surface area contributed by atoms with E-state index in [-0.39, 0.29) is 11.6 Å². The number of rotatable bonds is 4. The summed E-state index contributed by atoms with van der Waals surface area (Å²) in [5.74, 6) is 0.343. The number of alkyl halides is 3. The van der Waals surface area contributed by atoms with Gasteiger partial charge in [-0.3, -0.25) is 0 Å². The summed E-state index contributed by atoms with van der Waals surface area (Å²) in [7, 11) is 0. The molecule has 0 saturated carbocycles. The molecule has 1 aromatic heterocycles. The van der Waals surface area contributed by atoms with Gasteiger partial charge in [0.15, 0.2) is 5.82 Å². The second-order valence-corrected chi connectivity index (χ2v) is 5.78. The molecule has 1 heterocycles. The molecule has 2 N–H and O–H groups in total. The Hall–Kier alpha value is -3.16. The molecule has 2 aromatic carbocycles. The van der Waals surface area contributed by atoms with Crippen molar-refractivity contribution in [3.63, 3.8) is 0 Å². The minimum Gasteiger partial charge on any atom is -0.339 e. The van der Waals surface area contributed by atoms with E-state index in [0.29, 0.717) is 5.82 Å². The largest absolute Gasteiger partial charge is 0.418 e. The fraction of sp³-hybridized carbons (Fsp3) is 0.167. The molecule has 0 radical (unpaired) electrons. The summed E-state index contributed by atoms with van der Waals surface area (Å²) in [6, 6.07) is 11.0. The Kier molecular flexibility index (Phi) is 4.75. The van der Waals surface area contributed by atoms with Crippen molar-refractivity contribution >= 4 is 23.1 Å². The van der Waals surface area contributed by atoms with E-state index >= 15 is 0 Å². The lowest BCUT2D eigenvalue weighted by Crippen LogP contribution is -2.10. The fourth-order valence-electron chi connectivity index (χ4n) is 2.47. The van der Waals surface area contributed by atoms with Crippen molar-refractivity contribution in [2.75, 3.05) is 10.6 Å². The minimum absolute atomic E-state index is 0.0311. The molecular formula is C18H16F3N5. The zero-order valence-electron chi connectivity index (χ0n) is 14.1. The molecule has 0 saturated heterocycles. The van der Waals surface area contributed by atoms with E-state index in [1.807, 2.05) is 32.0 Å². The van der Waals surface area contributed by atoms with Crippen molar-refractivity contribution < 1.29 is 13.2 Å². The summed E-state index contributed by atoms with van der Waals surface area (Å²) < 4.78 is 39.3. The molecule has 0 atom stereocenters. The van der Waals surface area contributed by atoms with Crippen LogP contribution in [0.2, 0.25) is 0 Å². The van der Waals surface area contributed by atoms with Gasteiger partial charge in [-0.15, -0.1) is 5.10 Å². The molecule has 0 aliphatic heterocycles. The summed E-state index contributed by atoms with van der Waals surface area (Å²) in [5, 5.41) is 13.2. The minimum atomic E-state index is -4.48. The number of hydrogen-bond donors (Lipinski definition) is 2. The second-order valence-electron chi connectivity index (χ2n) is 5.78. The molecule has 0 bridgehead atoms. The average Bonchev–Trinajstić information content (AvgIpc) is 2.57. The molecule has 0 spiro atoms. The first-order chi connectivity index (χ1) is 12.3. The first-order valence-electron chi connectivity index (χ1n) is 7.80. The van der Waals surface area contributed by atoms with Crippen LogP contribution in [0, 0.1) is 13.8 Å². The molecule has 0 fully saturated rings. The highest BCUT2D eigenvalue weighted by atomic mass is 19.4. The third-order valence-electron chi connectivity index (χ3n) is 3.68. The first kappa shape index (κ1) is 17.7. The molecule has 0 aliphatic carbocycles. The molecule has 3 rings (SSSR count). The Morgan fingerprint density at radius 3 is 2.42 bits per heavy atom. The number of para-hydroxylation sites is 1. The van der Waals surface area contributed by atoms with Crippen LogP contribution in [-0.4, -0.2) is 15.2 Å². The zero-order chi connectivity index (χ0) is 18.7. The molecule has 26 heavy (non-hydrogen) atoms. The van der Waals surface area contributed by atoms with Gasteiger partial charge in [-0.25, -0.2) is 0 Å². The third-order valence-corrected chi connectivity index (χ3v) is 3.68. The topological polar surface area (TPSA) is 62.7 Å². The number of halogens is 3. The number of hydrogen-bond acceptors (Lipinski definition) is 5. The third kappa shape index (κ3) is 4.08. The molecule has 0 aliphatic rings. The highest BCUT2D eigenvalue weighted by Gasteiger charge is 2.33. The summed E-state index contributed by atoms with van der Waals surface area (Å²) in [6.45, 7) is 3.94. The number of nitrogens with one attached hydrogen (secondary N) is 2. The molecule has 8 heteroatoms. The van der Waals surface area contributed by atoms with Gasteiger partial charge in [0, 0.05) is 5.69 Å². The van der Waals surface area contributed by atoms with Gasteiger partial charge in [0.05, 0.1) is 17.4 Å². The molecule has 134 valence electrons. The maximum absolute atomic E-state index is 13.1. The Morgan fingerprint density at radius 1 is 0.923 bits per heavy atom. The van der Waals surface area contributed by atoms with E-state index in [1.54, 1.807) is 0 Å². The van der Waals surface area contributed by atoms with Crippen LogP contribution in [0.5, 0.6) is 0 Å². The SMILES string of the molecule is Cc1ccc(Nc2cnnc(Nc3ccccc3C(F)(F)F)n2)c(C)c1. The Balaban J connectivity index is 1.85. The fourth-order valence-corrected chi connectivity index (χ4v) is 2.47. The van der Waals surface area contributed by atoms with Crippen LogP contribution in [0.15, 0.2) is 48.7 Å². The average molecular weight is 359 g/mol. The molecular weight excluding hydrogens is 343 g/mol. The van der Waals surface area contributed by atoms with Crippen LogP contribution in [0.4, 0.5) is 36.3 Å². The maximum Gasteiger partial charge on any atom is 0.418 e. The van der Waals surface area contributed by atoms with Crippen molar-refractivity contribution in [1.82, 2.24) is 15.2 Å². The van der Waals surface area contributed by atoms with Gasteiger partial charge >= 0.3 is 6.18 Å². The summed E-state index contributed by atoms with van der Waals surface area (Å²) in [5.41, 5.74) is 2.04. The van der Waals surface area contributed by atoms with E-state index in [2.05, 4.69) is 25.8 Å². The summed E-state index contributed by atoms with van der Waals surface area (Å²) >= 11 is 0. The zero-order valence-corrected chi connectivity index (χ0v) is 14.1. The smallest absolute Gasteiger partial charge is 0.339 e. The van der Waals surface area contributed by atoms with E-state index in [0.717, 1.165) is 22.9 Å². The van der Waals surface area contributed by atoms with Gasteiger partial charge < -0.3 is 10.6 Å². The quantitative estimate of drug-likeness (QED) is 0.687. The van der Waals surface area contributed by atoms with Crippen molar-refractivity contribution in [2.24, 2.45) is 0 Å². The van der Waals surface area contributed by atoms with Gasteiger partial charge in [0.1, 0.15) is 0 Å². The Labute approximate surface area is 148 Å². The number of aryl methyl sites for hydroxylation is 2. The van der Waals surface area contributed by atoms with Crippen molar-refractivity contribution in [1.29, 1.82) is 0 Å². The van der Waals surface area contributed by atoms with Crippen molar-refractivity contribution in [3.8, 4) is 0 Å². The summed E-state index contributed by atoms with van der Waals surface area (Å²) in [4.78, 5) is 4.19. The van der Waals surface area contributed by atoms with E-state index < -0.39 is 11.7 Å². The van der Waals surface area contributed by atoms with Gasteiger partial charge in [0.25, 0.3) is 0 Å². The van der Waals surface area contributed by atoms with E-state index in [9.17, 15) is 13.2 Å². The predicted molar refractivity (Wildman–Crippen MR) is 93.8 cm³/mol. The number of benzene rings is 2. The van der Waals surface area contributed by atoms with Crippen molar-refractivity contribution in [2.45, 2.75) is 20.0 Å². The molecule has 0 amide bonds. The number of aromatic nitrogens is 3. The van der Waals surface area contributed by atoms with Crippen LogP contribution < -0.4 is 10.6 Å². The number of nitrogens with zero attached hydrogens (tertiary/aromatic N) is 3. The first-order valence-corrected chi connectivity index (χ1v) is 7.80. The van der Waals surface area contributed by atoms with Crippen molar-refractivity contribution in [3.05, 3.63) is 65.4 Å². The normalized spacial score (nSPS) is 11.3. The second kappa shape index (κ2) is 6.99. The van der Waals surface area contributed by atoms with Crippen LogP contribution >= 0.6 is 0 Å². The lowest BCUT2D eigenvalue weighted by molar-refractivity contribution is -0.136. The Morgan fingerprint density at radius 2 is 1.69 bits per heavy atom. The lowest BCUT2D eigenvalue weighted by atomic mass is 10.1. The van der Waals surface area contributed by atoms with Crippen LogP contribution in [0.1, 0.15) is 16.7 Å². The van der Waals surface area contributed by atoms with Gasteiger partial charge in [-0.1, -0.05) is 29.8 Å². The standard InChI is InChI=1S/C18H16F3N5/c1-11-7-8-14(12(2)9-11)23-16-10-22-26-17(25-16)24-15-6-4-3-5-13(15)18(19,20)21/h3-10H,1-2H3,(H2,23,24,25,26). The lowest BCUT2D eigenvalue weighted by Gasteiger charge is -2.14. The van der Waals surface area contributed by atoms with Gasteiger partial charge in [0.2, 0.25) is 5.95 Å². The van der Waals surface area contributed by atoms with Crippen LogP contribution in [0.3, 0.4) is 0 Å².